The number of nitrogens with one attached hydrogen (secondary N) is 1. The van der Waals surface area contributed by atoms with E-state index in [0.29, 0.717) is 28.1 Å². The molecule has 1 N–H and O–H groups in total. The van der Waals surface area contributed by atoms with Gasteiger partial charge in [0, 0.05) is 18.7 Å². The quantitative estimate of drug-likeness (QED) is 0.801. The van der Waals surface area contributed by atoms with Crippen LogP contribution in [-0.4, -0.2) is 21.6 Å². The molecule has 0 unspecified atom stereocenters. The van der Waals surface area contributed by atoms with Crippen molar-refractivity contribution in [3.8, 4) is 5.69 Å². The van der Waals surface area contributed by atoms with Gasteiger partial charge in [-0.05, 0) is 37.1 Å². The maximum Gasteiger partial charge on any atom is 0.355 e. The lowest BCUT2D eigenvalue weighted by atomic mass is 10.2. The Hall–Kier alpha value is -2.40. The zero-order chi connectivity index (χ0) is 16.0. The van der Waals surface area contributed by atoms with Crippen molar-refractivity contribution in [1.29, 1.82) is 0 Å². The van der Waals surface area contributed by atoms with E-state index in [0.717, 1.165) is 23.9 Å². The lowest BCUT2D eigenvalue weighted by Gasteiger charge is -2.13. The molecule has 2 aromatic heterocycles. The number of pyridine rings is 1. The third-order valence-corrected chi connectivity index (χ3v) is 4.41. The largest absolute Gasteiger partial charge is 0.372 e. The predicted molar refractivity (Wildman–Crippen MR) is 91.7 cm³/mol. The summed E-state index contributed by atoms with van der Waals surface area (Å²) in [6.07, 6.45) is 2.30. The van der Waals surface area contributed by atoms with Crippen LogP contribution >= 0.6 is 11.6 Å². The molecule has 0 aliphatic heterocycles. The maximum atomic E-state index is 12.6. The monoisotopic (exact) mass is 326 g/mol. The van der Waals surface area contributed by atoms with Crippen molar-refractivity contribution in [2.75, 3.05) is 12.4 Å². The van der Waals surface area contributed by atoms with Gasteiger partial charge in [-0.1, -0.05) is 23.7 Å². The normalized spacial score (nSPS) is 14.2. The summed E-state index contributed by atoms with van der Waals surface area (Å²) in [5, 5.41) is 4.27. The standard InChI is InChI=1S/C17H15ClN4O/c1-19-15-11-8-9-13(10-6-7-10)20-16(11)22(17(23)21-15)14-5-3-2-4-12(14)18/h2-5,8-10H,6-7H2,1H3,(H,19,21,23). The fourth-order valence-corrected chi connectivity index (χ4v) is 2.98. The first-order valence-corrected chi connectivity index (χ1v) is 7.93. The highest BCUT2D eigenvalue weighted by Gasteiger charge is 2.26. The minimum Gasteiger partial charge on any atom is -0.372 e. The van der Waals surface area contributed by atoms with Crippen LogP contribution in [0.4, 0.5) is 5.82 Å². The van der Waals surface area contributed by atoms with Gasteiger partial charge in [-0.3, -0.25) is 0 Å². The molecular weight excluding hydrogens is 312 g/mol. The summed E-state index contributed by atoms with van der Waals surface area (Å²) in [5.41, 5.74) is 1.81. The topological polar surface area (TPSA) is 59.8 Å². The summed E-state index contributed by atoms with van der Waals surface area (Å²) in [4.78, 5) is 21.4. The number of hydrogen-bond donors (Lipinski definition) is 1. The summed E-state index contributed by atoms with van der Waals surface area (Å²) in [5.74, 6) is 1.03. The van der Waals surface area contributed by atoms with E-state index in [1.807, 2.05) is 24.3 Å². The molecule has 3 aromatic rings. The lowest BCUT2D eigenvalue weighted by Crippen LogP contribution is -2.24. The van der Waals surface area contributed by atoms with E-state index in [1.54, 1.807) is 19.2 Å². The highest BCUT2D eigenvalue weighted by molar-refractivity contribution is 6.32. The van der Waals surface area contributed by atoms with Crippen molar-refractivity contribution in [2.24, 2.45) is 0 Å². The van der Waals surface area contributed by atoms with Crippen molar-refractivity contribution in [2.45, 2.75) is 18.8 Å². The van der Waals surface area contributed by atoms with Crippen LogP contribution in [0.15, 0.2) is 41.2 Å². The summed E-state index contributed by atoms with van der Waals surface area (Å²) >= 11 is 6.29. The second-order valence-corrected chi connectivity index (χ2v) is 6.07. The Morgan fingerprint density at radius 3 is 2.65 bits per heavy atom. The molecular formula is C17H15ClN4O. The molecule has 0 radical (unpaired) electrons. The third kappa shape index (κ3) is 2.37. The van der Waals surface area contributed by atoms with E-state index in [2.05, 4.69) is 10.3 Å². The molecule has 6 heteroatoms. The predicted octanol–water partition coefficient (Wildman–Crippen LogP) is 3.35. The highest BCUT2D eigenvalue weighted by atomic mass is 35.5. The van der Waals surface area contributed by atoms with Crippen LogP contribution in [0.3, 0.4) is 0 Å². The van der Waals surface area contributed by atoms with E-state index in [1.165, 1.54) is 4.57 Å². The van der Waals surface area contributed by atoms with E-state index in [9.17, 15) is 4.79 Å². The van der Waals surface area contributed by atoms with E-state index < -0.39 is 5.69 Å². The molecule has 0 spiro atoms. The van der Waals surface area contributed by atoms with Crippen molar-refractivity contribution in [3.05, 3.63) is 57.6 Å². The van der Waals surface area contributed by atoms with Gasteiger partial charge in [-0.2, -0.15) is 4.98 Å². The van der Waals surface area contributed by atoms with E-state index >= 15 is 0 Å². The van der Waals surface area contributed by atoms with Crippen LogP contribution in [0, 0.1) is 0 Å². The SMILES string of the molecule is CNc1nc(=O)n(-c2ccccc2Cl)c2nc(C3CC3)ccc12. The molecule has 0 bridgehead atoms. The molecule has 5 nitrogen and oxygen atoms in total. The van der Waals surface area contributed by atoms with Crippen LogP contribution in [0.2, 0.25) is 5.02 Å². The fraction of sp³-hybridized carbons (Fsp3) is 0.235. The van der Waals surface area contributed by atoms with Gasteiger partial charge >= 0.3 is 5.69 Å². The average molecular weight is 327 g/mol. The van der Waals surface area contributed by atoms with Gasteiger partial charge in [0.05, 0.1) is 16.1 Å². The summed E-state index contributed by atoms with van der Waals surface area (Å²) < 4.78 is 1.49. The number of anilines is 1. The third-order valence-electron chi connectivity index (χ3n) is 4.09. The Bertz CT molecular complexity index is 962. The lowest BCUT2D eigenvalue weighted by molar-refractivity contribution is 0.925. The molecule has 0 saturated heterocycles. The zero-order valence-corrected chi connectivity index (χ0v) is 13.3. The van der Waals surface area contributed by atoms with Crippen molar-refractivity contribution in [1.82, 2.24) is 14.5 Å². The number of benzene rings is 1. The average Bonchev–Trinajstić information content (AvgIpc) is 3.40. The molecule has 1 aliphatic carbocycles. The van der Waals surface area contributed by atoms with Gasteiger partial charge in [-0.15, -0.1) is 0 Å². The van der Waals surface area contributed by atoms with Gasteiger partial charge in [0.2, 0.25) is 0 Å². The number of rotatable bonds is 3. The molecule has 116 valence electrons. The van der Waals surface area contributed by atoms with E-state index in [-0.39, 0.29) is 0 Å². The number of nitrogens with zero attached hydrogens (tertiary/aromatic N) is 3. The number of para-hydroxylation sites is 1. The van der Waals surface area contributed by atoms with Crippen molar-refractivity contribution in [3.63, 3.8) is 0 Å². The molecule has 1 fully saturated rings. The molecule has 23 heavy (non-hydrogen) atoms. The van der Waals surface area contributed by atoms with Crippen LogP contribution in [0.1, 0.15) is 24.5 Å². The van der Waals surface area contributed by atoms with Gasteiger partial charge < -0.3 is 5.32 Å². The second-order valence-electron chi connectivity index (χ2n) is 5.66. The molecule has 0 atom stereocenters. The van der Waals surface area contributed by atoms with Crippen LogP contribution in [0.25, 0.3) is 16.7 Å². The Morgan fingerprint density at radius 1 is 1.17 bits per heavy atom. The van der Waals surface area contributed by atoms with Crippen LogP contribution in [-0.2, 0) is 0 Å². The summed E-state index contributed by atoms with van der Waals surface area (Å²) in [6.45, 7) is 0. The van der Waals surface area contributed by atoms with Gasteiger partial charge in [-0.25, -0.2) is 14.3 Å². The number of halogens is 1. The Balaban J connectivity index is 2.09. The maximum absolute atomic E-state index is 12.6. The van der Waals surface area contributed by atoms with Crippen LogP contribution in [0.5, 0.6) is 0 Å². The zero-order valence-electron chi connectivity index (χ0n) is 12.6. The fourth-order valence-electron chi connectivity index (χ4n) is 2.76. The summed E-state index contributed by atoms with van der Waals surface area (Å²) in [6, 6.07) is 11.2. The van der Waals surface area contributed by atoms with Crippen LogP contribution < -0.4 is 11.0 Å². The molecule has 1 aliphatic rings. The van der Waals surface area contributed by atoms with E-state index in [4.69, 9.17) is 16.6 Å². The molecule has 2 heterocycles. The highest BCUT2D eigenvalue weighted by Crippen LogP contribution is 2.39. The number of fused-ring (bicyclic) bond motifs is 1. The first kappa shape index (κ1) is 14.2. The van der Waals surface area contributed by atoms with Crippen molar-refractivity contribution >= 4 is 28.5 Å². The van der Waals surface area contributed by atoms with Gasteiger partial charge in [0.25, 0.3) is 0 Å². The summed E-state index contributed by atoms with van der Waals surface area (Å²) in [7, 11) is 1.75. The molecule has 1 saturated carbocycles. The molecule has 1 aromatic carbocycles. The van der Waals surface area contributed by atoms with Gasteiger partial charge in [0.1, 0.15) is 5.82 Å². The Kier molecular flexibility index (Phi) is 3.31. The molecule has 0 amide bonds. The second kappa shape index (κ2) is 5.35. The first-order chi connectivity index (χ1) is 11.2. The number of hydrogen-bond acceptors (Lipinski definition) is 4. The minimum atomic E-state index is -0.393. The Labute approximate surface area is 138 Å². The smallest absolute Gasteiger partial charge is 0.355 e. The Morgan fingerprint density at radius 2 is 1.96 bits per heavy atom. The minimum absolute atomic E-state index is 0.393. The number of aromatic nitrogens is 3. The van der Waals surface area contributed by atoms with Crippen molar-refractivity contribution < 1.29 is 0 Å². The molecule has 4 rings (SSSR count). The van der Waals surface area contributed by atoms with Gasteiger partial charge in [0.15, 0.2) is 5.65 Å². The first-order valence-electron chi connectivity index (χ1n) is 7.55.